The van der Waals surface area contributed by atoms with Crippen LogP contribution in [0.3, 0.4) is 0 Å². The molecule has 0 bridgehead atoms. The zero-order valence-electron chi connectivity index (χ0n) is 11.5. The van der Waals surface area contributed by atoms with Gasteiger partial charge in [-0.25, -0.2) is 0 Å². The standard InChI is InChI=1S/C15H14Br2ClNO2/c1-8(19)9-3-4-13(12(18)5-9)21-15-7-10(16)14(20-2)6-11(15)17/h3-8H,19H2,1-2H3/t8-/m1/s1. The summed E-state index contributed by atoms with van der Waals surface area (Å²) >= 11 is 13.1. The third-order valence-electron chi connectivity index (χ3n) is 2.91. The molecule has 0 fully saturated rings. The lowest BCUT2D eigenvalue weighted by Gasteiger charge is -2.13. The minimum atomic E-state index is -0.0709. The van der Waals surface area contributed by atoms with Crippen LogP contribution >= 0.6 is 43.5 Å². The summed E-state index contributed by atoms with van der Waals surface area (Å²) in [5.74, 6) is 1.92. The first-order valence-electron chi connectivity index (χ1n) is 6.18. The number of ether oxygens (including phenoxy) is 2. The lowest BCUT2D eigenvalue weighted by atomic mass is 10.1. The summed E-state index contributed by atoms with van der Waals surface area (Å²) in [6.07, 6.45) is 0. The molecule has 0 aliphatic heterocycles. The van der Waals surface area contributed by atoms with Crippen molar-refractivity contribution in [2.75, 3.05) is 7.11 Å². The summed E-state index contributed by atoms with van der Waals surface area (Å²) in [5, 5.41) is 0.517. The normalized spacial score (nSPS) is 12.1. The number of hydrogen-bond acceptors (Lipinski definition) is 3. The van der Waals surface area contributed by atoms with E-state index in [1.807, 2.05) is 37.3 Å². The molecule has 0 radical (unpaired) electrons. The number of nitrogens with two attached hydrogens (primary N) is 1. The van der Waals surface area contributed by atoms with Gasteiger partial charge in [0.05, 0.1) is 21.1 Å². The molecule has 2 aromatic rings. The van der Waals surface area contributed by atoms with Crippen molar-refractivity contribution in [3.63, 3.8) is 0 Å². The summed E-state index contributed by atoms with van der Waals surface area (Å²) < 4.78 is 12.6. The number of halogens is 3. The third kappa shape index (κ3) is 3.92. The fourth-order valence-electron chi connectivity index (χ4n) is 1.75. The van der Waals surface area contributed by atoms with E-state index < -0.39 is 0 Å². The van der Waals surface area contributed by atoms with Crippen LogP contribution in [0.2, 0.25) is 5.02 Å². The van der Waals surface area contributed by atoms with Gasteiger partial charge in [0.1, 0.15) is 17.2 Å². The van der Waals surface area contributed by atoms with Crippen molar-refractivity contribution in [3.05, 3.63) is 49.9 Å². The van der Waals surface area contributed by atoms with E-state index >= 15 is 0 Å². The Bertz CT molecular complexity index is 662. The molecule has 2 N–H and O–H groups in total. The van der Waals surface area contributed by atoms with Crippen LogP contribution in [0, 0.1) is 0 Å². The molecular formula is C15H14Br2ClNO2. The first-order valence-corrected chi connectivity index (χ1v) is 8.14. The van der Waals surface area contributed by atoms with Gasteiger partial charge < -0.3 is 15.2 Å². The molecule has 0 aromatic heterocycles. The number of methoxy groups -OCH3 is 1. The van der Waals surface area contributed by atoms with Crippen LogP contribution in [0.1, 0.15) is 18.5 Å². The Morgan fingerprint density at radius 3 is 2.24 bits per heavy atom. The summed E-state index contributed by atoms with van der Waals surface area (Å²) in [5.41, 5.74) is 6.79. The quantitative estimate of drug-likeness (QED) is 0.671. The van der Waals surface area contributed by atoms with Crippen molar-refractivity contribution in [2.24, 2.45) is 5.73 Å². The summed E-state index contributed by atoms with van der Waals surface area (Å²) in [7, 11) is 1.61. The molecule has 0 spiro atoms. The fourth-order valence-corrected chi connectivity index (χ4v) is 2.86. The highest BCUT2D eigenvalue weighted by Crippen LogP contribution is 2.40. The van der Waals surface area contributed by atoms with Crippen LogP contribution in [0.5, 0.6) is 17.2 Å². The second-order valence-electron chi connectivity index (χ2n) is 4.50. The summed E-state index contributed by atoms with van der Waals surface area (Å²) in [4.78, 5) is 0. The van der Waals surface area contributed by atoms with Gasteiger partial charge in [0.2, 0.25) is 0 Å². The smallest absolute Gasteiger partial charge is 0.146 e. The van der Waals surface area contributed by atoms with Crippen molar-refractivity contribution in [1.82, 2.24) is 0 Å². The summed E-state index contributed by atoms with van der Waals surface area (Å²) in [6, 6.07) is 9.10. The van der Waals surface area contributed by atoms with E-state index in [2.05, 4.69) is 31.9 Å². The predicted molar refractivity (Wildman–Crippen MR) is 92.5 cm³/mol. The van der Waals surface area contributed by atoms with Crippen LogP contribution in [0.25, 0.3) is 0 Å². The molecule has 0 aliphatic carbocycles. The maximum Gasteiger partial charge on any atom is 0.146 e. The molecule has 3 nitrogen and oxygen atoms in total. The third-order valence-corrected chi connectivity index (χ3v) is 4.44. The largest absolute Gasteiger partial charge is 0.496 e. The maximum atomic E-state index is 6.24. The Morgan fingerprint density at radius 2 is 1.67 bits per heavy atom. The minimum Gasteiger partial charge on any atom is -0.496 e. The maximum absolute atomic E-state index is 6.24. The Balaban J connectivity index is 2.32. The molecule has 0 heterocycles. The average Bonchev–Trinajstić information content (AvgIpc) is 2.44. The van der Waals surface area contributed by atoms with Crippen LogP contribution in [-0.2, 0) is 0 Å². The first-order chi connectivity index (χ1) is 9.92. The Kier molecular flexibility index (Phi) is 5.54. The van der Waals surface area contributed by atoms with Crippen LogP contribution in [0.15, 0.2) is 39.3 Å². The molecule has 1 atom stereocenters. The Hall–Kier alpha value is -0.750. The zero-order valence-corrected chi connectivity index (χ0v) is 15.4. The average molecular weight is 436 g/mol. The highest BCUT2D eigenvalue weighted by Gasteiger charge is 2.12. The van der Waals surface area contributed by atoms with Crippen molar-refractivity contribution in [2.45, 2.75) is 13.0 Å². The van der Waals surface area contributed by atoms with Gasteiger partial charge in [-0.3, -0.25) is 0 Å². The zero-order chi connectivity index (χ0) is 15.6. The molecule has 0 unspecified atom stereocenters. The van der Waals surface area contributed by atoms with E-state index in [4.69, 9.17) is 26.8 Å². The molecule has 2 aromatic carbocycles. The van der Waals surface area contributed by atoms with E-state index in [1.165, 1.54) is 0 Å². The molecule has 6 heteroatoms. The van der Waals surface area contributed by atoms with Crippen LogP contribution in [0.4, 0.5) is 0 Å². The van der Waals surface area contributed by atoms with Crippen LogP contribution in [-0.4, -0.2) is 7.11 Å². The predicted octanol–water partition coefficient (Wildman–Crippen LogP) is 5.69. The molecule has 21 heavy (non-hydrogen) atoms. The van der Waals surface area contributed by atoms with Gasteiger partial charge in [-0.1, -0.05) is 17.7 Å². The fraction of sp³-hybridized carbons (Fsp3) is 0.200. The molecule has 0 aliphatic rings. The number of rotatable bonds is 4. The first kappa shape index (κ1) is 16.6. The summed E-state index contributed by atoms with van der Waals surface area (Å²) in [6.45, 7) is 1.91. The van der Waals surface area contributed by atoms with Crippen molar-refractivity contribution in [1.29, 1.82) is 0 Å². The molecular weight excluding hydrogens is 421 g/mol. The molecule has 0 saturated heterocycles. The second-order valence-corrected chi connectivity index (χ2v) is 6.61. The van der Waals surface area contributed by atoms with E-state index in [0.29, 0.717) is 22.3 Å². The van der Waals surface area contributed by atoms with Gasteiger partial charge in [0.15, 0.2) is 0 Å². The number of benzene rings is 2. The topological polar surface area (TPSA) is 44.5 Å². The molecule has 2 rings (SSSR count). The van der Waals surface area contributed by atoms with Gasteiger partial charge in [-0.05, 0) is 68.6 Å². The lowest BCUT2D eigenvalue weighted by Crippen LogP contribution is -2.04. The number of hydrogen-bond donors (Lipinski definition) is 1. The van der Waals surface area contributed by atoms with Gasteiger partial charge >= 0.3 is 0 Å². The van der Waals surface area contributed by atoms with Gasteiger partial charge in [0.25, 0.3) is 0 Å². The monoisotopic (exact) mass is 433 g/mol. The highest BCUT2D eigenvalue weighted by molar-refractivity contribution is 9.11. The second kappa shape index (κ2) is 7.01. The highest BCUT2D eigenvalue weighted by atomic mass is 79.9. The van der Waals surface area contributed by atoms with E-state index in [1.54, 1.807) is 7.11 Å². The molecule has 0 amide bonds. The van der Waals surface area contributed by atoms with Crippen molar-refractivity contribution < 1.29 is 9.47 Å². The Labute approximate surface area is 145 Å². The van der Waals surface area contributed by atoms with Gasteiger partial charge in [-0.15, -0.1) is 0 Å². The Morgan fingerprint density at radius 1 is 1.05 bits per heavy atom. The SMILES string of the molecule is COc1cc(Br)c(Oc2ccc([C@@H](C)N)cc2Cl)cc1Br. The van der Waals surface area contributed by atoms with Crippen LogP contribution < -0.4 is 15.2 Å². The van der Waals surface area contributed by atoms with Gasteiger partial charge in [0, 0.05) is 6.04 Å². The van der Waals surface area contributed by atoms with E-state index in [-0.39, 0.29) is 6.04 Å². The lowest BCUT2D eigenvalue weighted by molar-refractivity contribution is 0.409. The van der Waals surface area contributed by atoms with Crippen molar-refractivity contribution in [3.8, 4) is 17.2 Å². The molecule has 0 saturated carbocycles. The van der Waals surface area contributed by atoms with Gasteiger partial charge in [-0.2, -0.15) is 0 Å². The van der Waals surface area contributed by atoms with E-state index in [0.717, 1.165) is 14.5 Å². The molecule has 112 valence electrons. The van der Waals surface area contributed by atoms with Crippen molar-refractivity contribution >= 4 is 43.5 Å². The van der Waals surface area contributed by atoms with E-state index in [9.17, 15) is 0 Å². The minimum absolute atomic E-state index is 0.0709.